The molecule has 2 aliphatic heterocycles. The lowest BCUT2D eigenvalue weighted by Crippen LogP contribution is -2.32. The van der Waals surface area contributed by atoms with E-state index in [9.17, 15) is 23.6 Å². The standard InChI is InChI=1S/C27H20FN3O4S3/c1-14-4-2-5-16(12-14)29-19(32)13-30-26-23(38-27(30)35)20(18-6-3-11-36-18)21-22(37-26)25(34)31(24(21)33)17-9-7-15(28)8-10-17/h2-12,20-22H,13H2,1H3,(H,29,32)/t20-,21-,22+/m0/s1. The molecule has 1 N–H and O–H groups in total. The molecule has 1 saturated heterocycles. The zero-order valence-electron chi connectivity index (χ0n) is 19.9. The molecule has 6 rings (SSSR count). The largest absolute Gasteiger partial charge is 0.325 e. The van der Waals surface area contributed by atoms with Gasteiger partial charge >= 0.3 is 4.87 Å². The third-order valence-electron chi connectivity index (χ3n) is 6.59. The normalized spacial score (nSPS) is 20.4. The third kappa shape index (κ3) is 4.20. The van der Waals surface area contributed by atoms with Crippen molar-refractivity contribution in [3.05, 3.63) is 96.8 Å². The van der Waals surface area contributed by atoms with Crippen molar-refractivity contribution < 1.29 is 18.8 Å². The van der Waals surface area contributed by atoms with E-state index in [1.165, 1.54) is 40.2 Å². The van der Waals surface area contributed by atoms with E-state index in [0.717, 1.165) is 38.4 Å². The maximum atomic E-state index is 13.7. The number of nitrogens with one attached hydrogen (secondary N) is 1. The zero-order valence-corrected chi connectivity index (χ0v) is 22.4. The highest BCUT2D eigenvalue weighted by atomic mass is 32.2. The molecule has 0 radical (unpaired) electrons. The lowest BCUT2D eigenvalue weighted by atomic mass is 9.87. The zero-order chi connectivity index (χ0) is 26.6. The van der Waals surface area contributed by atoms with E-state index in [1.54, 1.807) is 6.07 Å². The third-order valence-corrected chi connectivity index (χ3v) is 10.1. The predicted octanol–water partition coefficient (Wildman–Crippen LogP) is 4.85. The molecular formula is C27H20FN3O4S3. The molecular weight excluding hydrogens is 546 g/mol. The number of hydrogen-bond donors (Lipinski definition) is 1. The van der Waals surface area contributed by atoms with Crippen LogP contribution in [-0.2, 0) is 20.9 Å². The Morgan fingerprint density at radius 3 is 2.53 bits per heavy atom. The molecule has 7 nitrogen and oxygen atoms in total. The van der Waals surface area contributed by atoms with Crippen LogP contribution in [0.25, 0.3) is 0 Å². The summed E-state index contributed by atoms with van der Waals surface area (Å²) in [6.07, 6.45) is 0. The number of thiazole rings is 1. The Balaban J connectivity index is 1.38. The summed E-state index contributed by atoms with van der Waals surface area (Å²) in [5.74, 6) is -2.86. The first-order chi connectivity index (χ1) is 18.3. The Hall–Kier alpha value is -3.54. The first kappa shape index (κ1) is 24.8. The molecule has 11 heteroatoms. The van der Waals surface area contributed by atoms with Crippen molar-refractivity contribution in [1.29, 1.82) is 0 Å². The Kier molecular flexibility index (Phi) is 6.29. The number of fused-ring (bicyclic) bond motifs is 2. The number of carbonyl (C=O) groups excluding carboxylic acids is 3. The van der Waals surface area contributed by atoms with Gasteiger partial charge in [-0.3, -0.25) is 23.7 Å². The summed E-state index contributed by atoms with van der Waals surface area (Å²) in [5, 5.41) is 4.46. The van der Waals surface area contributed by atoms with Gasteiger partial charge in [-0.15, -0.1) is 11.3 Å². The molecule has 192 valence electrons. The van der Waals surface area contributed by atoms with Gasteiger partial charge in [0.25, 0.3) is 0 Å². The second-order valence-electron chi connectivity index (χ2n) is 9.09. The van der Waals surface area contributed by atoms with Crippen molar-refractivity contribution in [1.82, 2.24) is 4.57 Å². The van der Waals surface area contributed by atoms with E-state index < -0.39 is 28.8 Å². The lowest BCUT2D eigenvalue weighted by Gasteiger charge is -2.29. The van der Waals surface area contributed by atoms with Gasteiger partial charge in [-0.05, 0) is 60.3 Å². The predicted molar refractivity (Wildman–Crippen MR) is 147 cm³/mol. The number of anilines is 2. The average Bonchev–Trinajstić information content (AvgIpc) is 3.58. The van der Waals surface area contributed by atoms with Gasteiger partial charge in [-0.25, -0.2) is 9.29 Å². The number of hydrogen-bond acceptors (Lipinski definition) is 7. The summed E-state index contributed by atoms with van der Waals surface area (Å²) in [7, 11) is 0. The number of thiophene rings is 1. The Morgan fingerprint density at radius 2 is 1.82 bits per heavy atom. The van der Waals surface area contributed by atoms with Crippen LogP contribution in [0, 0.1) is 18.7 Å². The van der Waals surface area contributed by atoms with Crippen molar-refractivity contribution in [3.8, 4) is 0 Å². The molecule has 0 bridgehead atoms. The van der Waals surface area contributed by atoms with Crippen molar-refractivity contribution in [3.63, 3.8) is 0 Å². The molecule has 38 heavy (non-hydrogen) atoms. The summed E-state index contributed by atoms with van der Waals surface area (Å²) in [6.45, 7) is 1.70. The van der Waals surface area contributed by atoms with Gasteiger partial charge in [0.1, 0.15) is 17.6 Å². The molecule has 2 aromatic carbocycles. The fraction of sp³-hybridized carbons (Fsp3) is 0.185. The Labute approximate surface area is 228 Å². The van der Waals surface area contributed by atoms with Crippen LogP contribution < -0.4 is 15.1 Å². The molecule has 2 aliphatic rings. The first-order valence-electron chi connectivity index (χ1n) is 11.8. The van der Waals surface area contributed by atoms with Gasteiger partial charge in [-0.2, -0.15) is 0 Å². The Bertz CT molecular complexity index is 1630. The maximum absolute atomic E-state index is 13.7. The van der Waals surface area contributed by atoms with E-state index in [-0.39, 0.29) is 23.2 Å². The molecule has 4 aromatic rings. The maximum Gasteiger partial charge on any atom is 0.308 e. The quantitative estimate of drug-likeness (QED) is 0.350. The summed E-state index contributed by atoms with van der Waals surface area (Å²) in [6, 6.07) is 16.4. The van der Waals surface area contributed by atoms with E-state index in [1.807, 2.05) is 42.6 Å². The van der Waals surface area contributed by atoms with Gasteiger partial charge in [0.05, 0.1) is 16.6 Å². The Morgan fingerprint density at radius 1 is 1.03 bits per heavy atom. The van der Waals surface area contributed by atoms with E-state index in [4.69, 9.17) is 0 Å². The summed E-state index contributed by atoms with van der Waals surface area (Å²) < 4.78 is 14.9. The number of thioether (sulfide) groups is 1. The average molecular weight is 566 g/mol. The van der Waals surface area contributed by atoms with Crippen LogP contribution in [0.2, 0.25) is 0 Å². The molecule has 2 aromatic heterocycles. The molecule has 0 spiro atoms. The molecule has 4 heterocycles. The lowest BCUT2D eigenvalue weighted by molar-refractivity contribution is -0.122. The van der Waals surface area contributed by atoms with Gasteiger partial charge in [0, 0.05) is 21.4 Å². The van der Waals surface area contributed by atoms with Gasteiger partial charge in [0.15, 0.2) is 0 Å². The number of aromatic nitrogens is 1. The fourth-order valence-corrected chi connectivity index (χ4v) is 8.66. The second kappa shape index (κ2) is 9.64. The van der Waals surface area contributed by atoms with Gasteiger partial charge in [0.2, 0.25) is 17.7 Å². The van der Waals surface area contributed by atoms with Crippen LogP contribution in [0.3, 0.4) is 0 Å². The second-order valence-corrected chi connectivity index (χ2v) is 12.2. The van der Waals surface area contributed by atoms with E-state index in [2.05, 4.69) is 5.32 Å². The van der Waals surface area contributed by atoms with Crippen molar-refractivity contribution in [2.75, 3.05) is 10.2 Å². The topological polar surface area (TPSA) is 88.5 Å². The highest BCUT2D eigenvalue weighted by Crippen LogP contribution is 2.54. The summed E-state index contributed by atoms with van der Waals surface area (Å²) in [5.41, 5.74) is 1.92. The first-order valence-corrected chi connectivity index (χ1v) is 14.3. The number of benzene rings is 2. The monoisotopic (exact) mass is 565 g/mol. The van der Waals surface area contributed by atoms with Gasteiger partial charge in [-0.1, -0.05) is 41.3 Å². The minimum atomic E-state index is -0.785. The summed E-state index contributed by atoms with van der Waals surface area (Å²) >= 11 is 3.61. The SMILES string of the molecule is Cc1cccc(NC(=O)Cn2c3c(sc2=O)[C@@H](c2cccs2)[C@@H]2C(=O)N(c4ccc(F)cc4)C(=O)[C@@H]2S3)c1. The minimum absolute atomic E-state index is 0.218. The van der Waals surface area contributed by atoms with Crippen LogP contribution in [0.15, 0.2) is 75.9 Å². The van der Waals surface area contributed by atoms with Crippen LogP contribution in [-0.4, -0.2) is 27.5 Å². The summed E-state index contributed by atoms with van der Waals surface area (Å²) in [4.78, 5) is 55.7. The van der Waals surface area contributed by atoms with Crippen molar-refractivity contribution >= 4 is 63.5 Å². The van der Waals surface area contributed by atoms with Crippen LogP contribution in [0.5, 0.6) is 0 Å². The van der Waals surface area contributed by atoms with Crippen LogP contribution in [0.1, 0.15) is 21.2 Å². The number of imide groups is 1. The van der Waals surface area contributed by atoms with E-state index >= 15 is 0 Å². The van der Waals surface area contributed by atoms with Crippen LogP contribution in [0.4, 0.5) is 15.8 Å². The van der Waals surface area contributed by atoms with E-state index in [0.29, 0.717) is 21.3 Å². The van der Waals surface area contributed by atoms with Crippen LogP contribution >= 0.6 is 34.4 Å². The molecule has 1 fully saturated rings. The number of aryl methyl sites for hydroxylation is 1. The number of rotatable bonds is 5. The number of carbonyl (C=O) groups is 3. The number of halogens is 1. The fourth-order valence-electron chi connectivity index (χ4n) is 4.94. The smallest absolute Gasteiger partial charge is 0.308 e. The number of amides is 3. The highest BCUT2D eigenvalue weighted by molar-refractivity contribution is 8.00. The van der Waals surface area contributed by atoms with Crippen molar-refractivity contribution in [2.45, 2.75) is 29.7 Å². The minimum Gasteiger partial charge on any atom is -0.325 e. The molecule has 3 atom stereocenters. The molecule has 0 aliphatic carbocycles. The molecule has 0 unspecified atom stereocenters. The number of nitrogens with zero attached hydrogens (tertiary/aromatic N) is 2. The van der Waals surface area contributed by atoms with Gasteiger partial charge < -0.3 is 5.32 Å². The molecule has 0 saturated carbocycles. The molecule has 3 amide bonds. The van der Waals surface area contributed by atoms with Crippen molar-refractivity contribution in [2.24, 2.45) is 5.92 Å². The highest BCUT2D eigenvalue weighted by Gasteiger charge is 2.57.